The average molecular weight is 433 g/mol. The van der Waals surface area contributed by atoms with Crippen LogP contribution in [-0.2, 0) is 34.2 Å². The minimum Gasteiger partial charge on any atom is -0.454 e. The second-order valence-electron chi connectivity index (χ2n) is 7.01. The zero-order chi connectivity index (χ0) is 20.8. The maximum Gasteiger partial charge on any atom is 0.338 e. The number of primary sulfonamides is 1. The van der Waals surface area contributed by atoms with E-state index in [4.69, 9.17) is 15.6 Å². The largest absolute Gasteiger partial charge is 0.454 e. The maximum absolute atomic E-state index is 12.5. The van der Waals surface area contributed by atoms with E-state index in [1.165, 1.54) is 28.6 Å². The highest BCUT2D eigenvalue weighted by molar-refractivity contribution is 7.89. The Balaban J connectivity index is 1.58. The minimum absolute atomic E-state index is 0.122. The number of carbonyl (C=O) groups is 1. The number of esters is 1. The molecule has 0 atom stereocenters. The van der Waals surface area contributed by atoms with Crippen LogP contribution in [-0.4, -0.2) is 24.4 Å². The molecule has 0 fully saturated rings. The zero-order valence-corrected chi connectivity index (χ0v) is 17.4. The molecule has 0 saturated carbocycles. The van der Waals surface area contributed by atoms with Crippen molar-refractivity contribution in [2.75, 3.05) is 5.73 Å². The van der Waals surface area contributed by atoms with E-state index in [-0.39, 0.29) is 17.1 Å². The highest BCUT2D eigenvalue weighted by Gasteiger charge is 2.21. The van der Waals surface area contributed by atoms with Crippen LogP contribution in [0.3, 0.4) is 0 Å². The topological polar surface area (TPSA) is 138 Å². The molecule has 1 aliphatic carbocycles. The van der Waals surface area contributed by atoms with E-state index in [2.05, 4.69) is 9.97 Å². The van der Waals surface area contributed by atoms with Gasteiger partial charge in [-0.1, -0.05) is 6.07 Å². The van der Waals surface area contributed by atoms with E-state index < -0.39 is 16.0 Å². The zero-order valence-electron chi connectivity index (χ0n) is 15.8. The molecule has 2 aromatic heterocycles. The number of hydrogen-bond donors (Lipinski definition) is 2. The number of nitrogens with zero attached hydrogens (tertiary/aromatic N) is 2. The quantitative estimate of drug-likeness (QED) is 0.604. The number of thiophene rings is 1. The first kappa shape index (κ1) is 19.7. The van der Waals surface area contributed by atoms with Crippen LogP contribution >= 0.6 is 11.3 Å². The Morgan fingerprint density at radius 1 is 1.24 bits per heavy atom. The lowest BCUT2D eigenvalue weighted by Crippen LogP contribution is -2.15. The number of nitrogen functional groups attached to an aromatic ring is 1. The molecule has 8 nitrogen and oxygen atoms in total. The van der Waals surface area contributed by atoms with Crippen molar-refractivity contribution in [1.82, 2.24) is 9.97 Å². The second kappa shape index (κ2) is 7.36. The molecule has 0 unspecified atom stereocenters. The van der Waals surface area contributed by atoms with Crippen molar-refractivity contribution < 1.29 is 17.9 Å². The Hall–Kier alpha value is -2.56. The van der Waals surface area contributed by atoms with Crippen LogP contribution in [0.5, 0.6) is 0 Å². The van der Waals surface area contributed by atoms with Crippen LogP contribution in [0.25, 0.3) is 10.2 Å². The van der Waals surface area contributed by atoms with Crippen molar-refractivity contribution in [1.29, 1.82) is 0 Å². The first-order valence-electron chi connectivity index (χ1n) is 9.11. The molecule has 3 aromatic rings. The van der Waals surface area contributed by atoms with Crippen LogP contribution in [0.4, 0.5) is 5.82 Å². The van der Waals surface area contributed by atoms with Crippen LogP contribution in [0, 0.1) is 6.92 Å². The predicted octanol–water partition coefficient (Wildman–Crippen LogP) is 2.47. The summed E-state index contributed by atoms with van der Waals surface area (Å²) in [5.74, 6) is 0.0239. The number of ether oxygens (including phenoxy) is 1. The average Bonchev–Trinajstić information content (AvgIpc) is 3.04. The number of anilines is 1. The van der Waals surface area contributed by atoms with E-state index in [9.17, 15) is 13.2 Å². The molecule has 0 aliphatic heterocycles. The molecule has 1 aliphatic rings. The number of sulfonamides is 1. The third kappa shape index (κ3) is 3.83. The molecule has 29 heavy (non-hydrogen) atoms. The Morgan fingerprint density at radius 2 is 2.00 bits per heavy atom. The number of rotatable bonds is 4. The fraction of sp³-hybridized carbons (Fsp3) is 0.316. The Morgan fingerprint density at radius 3 is 2.76 bits per heavy atom. The van der Waals surface area contributed by atoms with Gasteiger partial charge in [-0.05, 0) is 55.9 Å². The summed E-state index contributed by atoms with van der Waals surface area (Å²) in [5.41, 5.74) is 8.11. The molecule has 0 amide bonds. The third-order valence-corrected chi connectivity index (χ3v) is 7.08. The molecule has 4 N–H and O–H groups in total. The van der Waals surface area contributed by atoms with Crippen molar-refractivity contribution in [3.63, 3.8) is 0 Å². The maximum atomic E-state index is 12.5. The van der Waals surface area contributed by atoms with E-state index >= 15 is 0 Å². The third-order valence-electron chi connectivity index (χ3n) is 4.98. The molecule has 1 aromatic carbocycles. The minimum atomic E-state index is -3.92. The van der Waals surface area contributed by atoms with Crippen molar-refractivity contribution in [3.8, 4) is 0 Å². The van der Waals surface area contributed by atoms with Gasteiger partial charge in [0.1, 0.15) is 10.6 Å². The van der Waals surface area contributed by atoms with Gasteiger partial charge in [0, 0.05) is 4.88 Å². The summed E-state index contributed by atoms with van der Waals surface area (Å²) in [6.07, 6.45) is 4.31. The highest BCUT2D eigenvalue weighted by atomic mass is 32.2. The van der Waals surface area contributed by atoms with Crippen LogP contribution in [0.2, 0.25) is 0 Å². The first-order chi connectivity index (χ1) is 13.7. The summed E-state index contributed by atoms with van der Waals surface area (Å²) < 4.78 is 28.4. The normalized spacial score (nSPS) is 14.0. The van der Waals surface area contributed by atoms with Crippen molar-refractivity contribution in [2.45, 2.75) is 44.1 Å². The Labute approximate surface area is 172 Å². The van der Waals surface area contributed by atoms with Crippen molar-refractivity contribution >= 4 is 43.4 Å². The summed E-state index contributed by atoms with van der Waals surface area (Å²) in [6.45, 7) is 1.51. The van der Waals surface area contributed by atoms with Crippen LogP contribution < -0.4 is 10.9 Å². The summed E-state index contributed by atoms with van der Waals surface area (Å²) in [4.78, 5) is 23.3. The summed E-state index contributed by atoms with van der Waals surface area (Å²) in [6, 6.07) is 4.06. The van der Waals surface area contributed by atoms with Gasteiger partial charge in [0.05, 0.1) is 15.8 Å². The lowest BCUT2D eigenvalue weighted by atomic mass is 9.97. The van der Waals surface area contributed by atoms with Gasteiger partial charge in [-0.2, -0.15) is 0 Å². The van der Waals surface area contributed by atoms with Crippen molar-refractivity contribution in [3.05, 3.63) is 45.6 Å². The van der Waals surface area contributed by atoms with Gasteiger partial charge in [0.25, 0.3) is 0 Å². The summed E-state index contributed by atoms with van der Waals surface area (Å²) >= 11 is 1.61. The van der Waals surface area contributed by atoms with Gasteiger partial charge in [-0.3, -0.25) is 0 Å². The molecule has 152 valence electrons. The summed E-state index contributed by atoms with van der Waals surface area (Å²) in [5, 5.41) is 6.05. The second-order valence-corrected chi connectivity index (χ2v) is 9.66. The predicted molar refractivity (Wildman–Crippen MR) is 110 cm³/mol. The molecule has 0 radical (unpaired) electrons. The highest BCUT2D eigenvalue weighted by Crippen LogP contribution is 2.37. The molecular weight excluding hydrogens is 412 g/mol. The van der Waals surface area contributed by atoms with Gasteiger partial charge < -0.3 is 10.5 Å². The lowest BCUT2D eigenvalue weighted by molar-refractivity contribution is 0.0461. The van der Waals surface area contributed by atoms with Gasteiger partial charge in [0.2, 0.25) is 10.0 Å². The molecule has 2 heterocycles. The van der Waals surface area contributed by atoms with Crippen LogP contribution in [0.15, 0.2) is 23.1 Å². The number of nitrogens with two attached hydrogens (primary N) is 2. The number of hydrogen-bond acceptors (Lipinski definition) is 8. The number of fused-ring (bicyclic) bond motifs is 3. The molecule has 4 rings (SSSR count). The van der Waals surface area contributed by atoms with Gasteiger partial charge >= 0.3 is 5.97 Å². The van der Waals surface area contributed by atoms with Crippen molar-refractivity contribution in [2.24, 2.45) is 5.14 Å². The number of carbonyl (C=O) groups excluding carboxylic acids is 1. The van der Waals surface area contributed by atoms with E-state index in [0.717, 1.165) is 35.9 Å². The van der Waals surface area contributed by atoms with E-state index in [1.807, 2.05) is 0 Å². The van der Waals surface area contributed by atoms with Gasteiger partial charge in [-0.25, -0.2) is 28.3 Å². The first-order valence-corrected chi connectivity index (χ1v) is 11.5. The Kier molecular flexibility index (Phi) is 5.01. The lowest BCUT2D eigenvalue weighted by Gasteiger charge is -2.11. The fourth-order valence-corrected chi connectivity index (χ4v) is 5.33. The Bertz CT molecular complexity index is 1230. The standard InChI is InChI=1S/C19H20N4O4S2/c1-10-6-7-11(29(21,25)26)8-13(10)19(24)27-9-15-22-17(20)16-12-4-2-3-5-14(12)28-18(16)23-15/h6-8H,2-5,9H2,1H3,(H2,20,22,23)(H2,21,25,26). The SMILES string of the molecule is Cc1ccc(S(N)(=O)=O)cc1C(=O)OCc1nc(N)c2c3c(sc2n1)CCCC3. The van der Waals surface area contributed by atoms with Gasteiger partial charge in [0.15, 0.2) is 12.4 Å². The molecular formula is C19H20N4O4S2. The smallest absolute Gasteiger partial charge is 0.338 e. The number of benzene rings is 1. The molecule has 0 saturated heterocycles. The van der Waals surface area contributed by atoms with Crippen LogP contribution in [0.1, 0.15) is 45.0 Å². The van der Waals surface area contributed by atoms with E-state index in [1.54, 1.807) is 18.3 Å². The summed E-state index contributed by atoms with van der Waals surface area (Å²) in [7, 11) is -3.92. The monoisotopic (exact) mass is 432 g/mol. The van der Waals surface area contributed by atoms with E-state index in [0.29, 0.717) is 17.2 Å². The number of aryl methyl sites for hydroxylation is 3. The van der Waals surface area contributed by atoms with Gasteiger partial charge in [-0.15, -0.1) is 11.3 Å². The molecule has 0 spiro atoms. The fourth-order valence-electron chi connectivity index (χ4n) is 3.50. The number of aromatic nitrogens is 2. The molecule has 0 bridgehead atoms. The molecule has 10 heteroatoms.